The standard InChI is InChI=1S/C13H15BrN4O/c1-8-6-10(4-5-11(8)14)13(19)16-9(2)12-17-15-7-18(12)3/h4-7,9H,1-3H3,(H,16,19). The first-order valence-electron chi connectivity index (χ1n) is 5.90. The van der Waals surface area contributed by atoms with Crippen LogP contribution >= 0.6 is 15.9 Å². The van der Waals surface area contributed by atoms with E-state index < -0.39 is 0 Å². The Bertz CT molecular complexity index is 608. The van der Waals surface area contributed by atoms with E-state index in [0.29, 0.717) is 5.56 Å². The fourth-order valence-electron chi connectivity index (χ4n) is 1.81. The average molecular weight is 323 g/mol. The number of rotatable bonds is 3. The van der Waals surface area contributed by atoms with Gasteiger partial charge in [0.25, 0.3) is 5.91 Å². The van der Waals surface area contributed by atoms with Crippen molar-refractivity contribution in [3.63, 3.8) is 0 Å². The van der Waals surface area contributed by atoms with Crippen LogP contribution in [0.25, 0.3) is 0 Å². The molecule has 100 valence electrons. The van der Waals surface area contributed by atoms with Crippen LogP contribution in [0.4, 0.5) is 0 Å². The normalized spacial score (nSPS) is 12.2. The first-order chi connectivity index (χ1) is 8.99. The Morgan fingerprint density at radius 1 is 1.47 bits per heavy atom. The maximum atomic E-state index is 12.1. The van der Waals surface area contributed by atoms with Crippen LogP contribution in [-0.4, -0.2) is 20.7 Å². The van der Waals surface area contributed by atoms with Gasteiger partial charge in [0.1, 0.15) is 6.33 Å². The summed E-state index contributed by atoms with van der Waals surface area (Å²) in [5, 5.41) is 10.7. The molecular formula is C13H15BrN4O. The Morgan fingerprint density at radius 2 is 2.21 bits per heavy atom. The molecular weight excluding hydrogens is 308 g/mol. The summed E-state index contributed by atoms with van der Waals surface area (Å²) in [5.74, 6) is 0.605. The summed E-state index contributed by atoms with van der Waals surface area (Å²) in [7, 11) is 1.85. The number of carbonyl (C=O) groups is 1. The van der Waals surface area contributed by atoms with Gasteiger partial charge in [-0.25, -0.2) is 0 Å². The smallest absolute Gasteiger partial charge is 0.251 e. The van der Waals surface area contributed by atoms with E-state index >= 15 is 0 Å². The van der Waals surface area contributed by atoms with Crippen molar-refractivity contribution in [1.82, 2.24) is 20.1 Å². The lowest BCUT2D eigenvalue weighted by atomic mass is 10.1. The molecule has 1 unspecified atom stereocenters. The second kappa shape index (κ2) is 5.52. The van der Waals surface area contributed by atoms with Crippen molar-refractivity contribution in [2.75, 3.05) is 0 Å². The Kier molecular flexibility index (Phi) is 3.99. The topological polar surface area (TPSA) is 59.8 Å². The summed E-state index contributed by atoms with van der Waals surface area (Å²) in [6.45, 7) is 3.83. The molecule has 0 fully saturated rings. The van der Waals surface area contributed by atoms with Gasteiger partial charge >= 0.3 is 0 Å². The summed E-state index contributed by atoms with van der Waals surface area (Å²) in [6.07, 6.45) is 1.61. The Hall–Kier alpha value is -1.69. The molecule has 1 aromatic carbocycles. The Balaban J connectivity index is 2.13. The molecule has 0 saturated carbocycles. The molecule has 1 amide bonds. The number of benzene rings is 1. The molecule has 2 aromatic rings. The largest absolute Gasteiger partial charge is 0.342 e. The second-order valence-corrected chi connectivity index (χ2v) is 5.31. The second-order valence-electron chi connectivity index (χ2n) is 4.46. The predicted molar refractivity (Wildman–Crippen MR) is 75.8 cm³/mol. The maximum Gasteiger partial charge on any atom is 0.251 e. The number of nitrogens with one attached hydrogen (secondary N) is 1. The van der Waals surface area contributed by atoms with Gasteiger partial charge in [0, 0.05) is 17.1 Å². The monoisotopic (exact) mass is 322 g/mol. The van der Waals surface area contributed by atoms with Crippen molar-refractivity contribution in [1.29, 1.82) is 0 Å². The minimum Gasteiger partial charge on any atom is -0.342 e. The zero-order valence-corrected chi connectivity index (χ0v) is 12.6. The lowest BCUT2D eigenvalue weighted by Crippen LogP contribution is -2.28. The molecule has 0 bridgehead atoms. The molecule has 0 aliphatic carbocycles. The highest BCUT2D eigenvalue weighted by Crippen LogP contribution is 2.17. The van der Waals surface area contributed by atoms with E-state index in [1.54, 1.807) is 17.0 Å². The van der Waals surface area contributed by atoms with Gasteiger partial charge in [0.2, 0.25) is 0 Å². The van der Waals surface area contributed by atoms with Gasteiger partial charge in [-0.2, -0.15) is 0 Å². The third-order valence-electron chi connectivity index (χ3n) is 2.90. The Labute approximate surface area is 120 Å². The van der Waals surface area contributed by atoms with Crippen molar-refractivity contribution < 1.29 is 4.79 Å². The van der Waals surface area contributed by atoms with E-state index in [-0.39, 0.29) is 11.9 Å². The molecule has 2 rings (SSSR count). The molecule has 0 spiro atoms. The van der Waals surface area contributed by atoms with Gasteiger partial charge in [0.15, 0.2) is 5.82 Å². The number of hydrogen-bond acceptors (Lipinski definition) is 3. The van der Waals surface area contributed by atoms with Crippen LogP contribution < -0.4 is 5.32 Å². The van der Waals surface area contributed by atoms with Crippen LogP contribution in [0.15, 0.2) is 29.0 Å². The van der Waals surface area contributed by atoms with E-state index in [1.165, 1.54) is 0 Å². The lowest BCUT2D eigenvalue weighted by Gasteiger charge is -2.13. The number of carbonyl (C=O) groups excluding carboxylic acids is 1. The number of nitrogens with zero attached hydrogens (tertiary/aromatic N) is 3. The van der Waals surface area contributed by atoms with Crippen LogP contribution in [0.2, 0.25) is 0 Å². The molecule has 0 aliphatic heterocycles. The third kappa shape index (κ3) is 3.01. The number of aryl methyl sites for hydroxylation is 2. The van der Waals surface area contributed by atoms with Crippen molar-refractivity contribution in [3.05, 3.63) is 46.0 Å². The minimum atomic E-state index is -0.191. The molecule has 1 atom stereocenters. The number of aromatic nitrogens is 3. The van der Waals surface area contributed by atoms with Crippen molar-refractivity contribution >= 4 is 21.8 Å². The Morgan fingerprint density at radius 3 is 2.79 bits per heavy atom. The zero-order valence-electron chi connectivity index (χ0n) is 11.0. The maximum absolute atomic E-state index is 12.1. The first-order valence-corrected chi connectivity index (χ1v) is 6.69. The summed E-state index contributed by atoms with van der Waals surface area (Å²) < 4.78 is 2.78. The van der Waals surface area contributed by atoms with Gasteiger partial charge < -0.3 is 9.88 Å². The molecule has 1 N–H and O–H groups in total. The molecule has 1 heterocycles. The lowest BCUT2D eigenvalue weighted by molar-refractivity contribution is 0.0937. The van der Waals surface area contributed by atoms with Crippen LogP contribution in [-0.2, 0) is 7.05 Å². The third-order valence-corrected chi connectivity index (χ3v) is 3.79. The van der Waals surface area contributed by atoms with E-state index in [2.05, 4.69) is 31.4 Å². The van der Waals surface area contributed by atoms with E-state index in [0.717, 1.165) is 15.9 Å². The summed E-state index contributed by atoms with van der Waals surface area (Å²) in [6, 6.07) is 5.32. The van der Waals surface area contributed by atoms with Gasteiger partial charge in [-0.15, -0.1) is 10.2 Å². The van der Waals surface area contributed by atoms with Gasteiger partial charge in [-0.3, -0.25) is 4.79 Å². The molecule has 1 aromatic heterocycles. The van der Waals surface area contributed by atoms with Crippen LogP contribution in [0, 0.1) is 6.92 Å². The summed E-state index contributed by atoms with van der Waals surface area (Å²) in [5.41, 5.74) is 1.66. The average Bonchev–Trinajstić information content (AvgIpc) is 2.79. The molecule has 0 aliphatic rings. The zero-order chi connectivity index (χ0) is 14.0. The summed E-state index contributed by atoms with van der Waals surface area (Å²) in [4.78, 5) is 12.1. The highest BCUT2D eigenvalue weighted by atomic mass is 79.9. The van der Waals surface area contributed by atoms with Crippen LogP contribution in [0.5, 0.6) is 0 Å². The number of halogens is 1. The fourth-order valence-corrected chi connectivity index (χ4v) is 2.06. The highest BCUT2D eigenvalue weighted by Gasteiger charge is 2.15. The first kappa shape index (κ1) is 13.7. The van der Waals surface area contributed by atoms with E-state index in [1.807, 2.05) is 33.0 Å². The van der Waals surface area contributed by atoms with E-state index in [4.69, 9.17) is 0 Å². The van der Waals surface area contributed by atoms with Crippen molar-refractivity contribution in [2.45, 2.75) is 19.9 Å². The van der Waals surface area contributed by atoms with Gasteiger partial charge in [-0.1, -0.05) is 15.9 Å². The molecule has 5 nitrogen and oxygen atoms in total. The van der Waals surface area contributed by atoms with Gasteiger partial charge in [-0.05, 0) is 37.6 Å². The number of hydrogen-bond donors (Lipinski definition) is 1. The van der Waals surface area contributed by atoms with E-state index in [9.17, 15) is 4.79 Å². The molecule has 0 saturated heterocycles. The SMILES string of the molecule is Cc1cc(C(=O)NC(C)c2nncn2C)ccc1Br. The van der Waals surface area contributed by atoms with Crippen molar-refractivity contribution in [2.24, 2.45) is 7.05 Å². The van der Waals surface area contributed by atoms with Crippen LogP contribution in [0.3, 0.4) is 0 Å². The molecule has 6 heteroatoms. The van der Waals surface area contributed by atoms with Crippen LogP contribution in [0.1, 0.15) is 34.7 Å². The minimum absolute atomic E-state index is 0.119. The molecule has 0 radical (unpaired) electrons. The summed E-state index contributed by atoms with van der Waals surface area (Å²) >= 11 is 3.42. The quantitative estimate of drug-likeness (QED) is 0.943. The predicted octanol–water partition coefficient (Wildman–Crippen LogP) is 2.38. The highest BCUT2D eigenvalue weighted by molar-refractivity contribution is 9.10. The van der Waals surface area contributed by atoms with Crippen molar-refractivity contribution in [3.8, 4) is 0 Å². The van der Waals surface area contributed by atoms with Gasteiger partial charge in [0.05, 0.1) is 6.04 Å². The number of amides is 1. The molecule has 19 heavy (non-hydrogen) atoms. The fraction of sp³-hybridized carbons (Fsp3) is 0.308.